The van der Waals surface area contributed by atoms with E-state index in [0.29, 0.717) is 72.5 Å². The number of nitrogens with zero attached hydrogens (tertiary/aromatic N) is 3. The number of morpholine rings is 1. The van der Waals surface area contributed by atoms with Gasteiger partial charge in [-0.05, 0) is 31.0 Å². The first-order valence-electron chi connectivity index (χ1n) is 9.23. The quantitative estimate of drug-likeness (QED) is 0.709. The molecule has 0 unspecified atom stereocenters. The zero-order valence-electron chi connectivity index (χ0n) is 15.6. The molecule has 0 radical (unpaired) electrons. The molecule has 0 aliphatic carbocycles. The Balaban J connectivity index is 1.55. The molecule has 0 bridgehead atoms. The Morgan fingerprint density at radius 2 is 1.96 bits per heavy atom. The SMILES string of the molecule is Cc1oc2ncnc(N3CCOCC3)c2c1C(=O)NCCc1ccc(Cl)cc1. The van der Waals surface area contributed by atoms with Gasteiger partial charge in [0.1, 0.15) is 17.9 Å². The lowest BCUT2D eigenvalue weighted by atomic mass is 10.1. The van der Waals surface area contributed by atoms with Gasteiger partial charge < -0.3 is 19.4 Å². The molecule has 0 saturated carbocycles. The van der Waals surface area contributed by atoms with Crippen LogP contribution in [0, 0.1) is 6.92 Å². The van der Waals surface area contributed by atoms with Crippen LogP contribution in [0.4, 0.5) is 5.82 Å². The van der Waals surface area contributed by atoms with Crippen LogP contribution < -0.4 is 10.2 Å². The van der Waals surface area contributed by atoms with Crippen LogP contribution in [-0.2, 0) is 11.2 Å². The van der Waals surface area contributed by atoms with E-state index in [1.165, 1.54) is 6.33 Å². The van der Waals surface area contributed by atoms with Crippen molar-refractivity contribution < 1.29 is 13.9 Å². The number of aromatic nitrogens is 2. The topological polar surface area (TPSA) is 80.5 Å². The average molecular weight is 401 g/mol. The van der Waals surface area contributed by atoms with Crippen LogP contribution in [-0.4, -0.2) is 48.7 Å². The number of anilines is 1. The van der Waals surface area contributed by atoms with Gasteiger partial charge in [0.25, 0.3) is 5.91 Å². The molecule has 3 heterocycles. The number of amides is 1. The Morgan fingerprint density at radius 1 is 1.21 bits per heavy atom. The lowest BCUT2D eigenvalue weighted by Crippen LogP contribution is -2.37. The first kappa shape index (κ1) is 18.7. The summed E-state index contributed by atoms with van der Waals surface area (Å²) in [5.41, 5.74) is 2.03. The predicted molar refractivity (Wildman–Crippen MR) is 107 cm³/mol. The largest absolute Gasteiger partial charge is 0.442 e. The molecule has 3 aromatic rings. The van der Waals surface area contributed by atoms with Crippen LogP contribution in [0.5, 0.6) is 0 Å². The van der Waals surface area contributed by atoms with Crippen LogP contribution >= 0.6 is 11.6 Å². The van der Waals surface area contributed by atoms with E-state index < -0.39 is 0 Å². The molecule has 8 heteroatoms. The van der Waals surface area contributed by atoms with Crippen molar-refractivity contribution in [1.29, 1.82) is 0 Å². The molecule has 1 aromatic carbocycles. The molecule has 1 fully saturated rings. The summed E-state index contributed by atoms with van der Waals surface area (Å²) >= 11 is 5.91. The van der Waals surface area contributed by atoms with Gasteiger partial charge in [-0.25, -0.2) is 9.97 Å². The third kappa shape index (κ3) is 3.81. The summed E-state index contributed by atoms with van der Waals surface area (Å²) in [6, 6.07) is 7.60. The minimum absolute atomic E-state index is 0.186. The van der Waals surface area contributed by atoms with Crippen LogP contribution in [0.2, 0.25) is 5.02 Å². The molecule has 7 nitrogen and oxygen atoms in total. The van der Waals surface area contributed by atoms with E-state index in [4.69, 9.17) is 20.8 Å². The fourth-order valence-corrected chi connectivity index (χ4v) is 3.50. The number of ether oxygens (including phenoxy) is 1. The van der Waals surface area contributed by atoms with Gasteiger partial charge in [0.2, 0.25) is 5.71 Å². The van der Waals surface area contributed by atoms with Crippen molar-refractivity contribution in [3.05, 3.63) is 52.5 Å². The van der Waals surface area contributed by atoms with E-state index >= 15 is 0 Å². The number of nitrogens with one attached hydrogen (secondary N) is 1. The zero-order valence-corrected chi connectivity index (χ0v) is 16.3. The first-order valence-corrected chi connectivity index (χ1v) is 9.60. The maximum Gasteiger partial charge on any atom is 0.255 e. The summed E-state index contributed by atoms with van der Waals surface area (Å²) in [5, 5.41) is 4.34. The monoisotopic (exact) mass is 400 g/mol. The molecule has 1 N–H and O–H groups in total. The average Bonchev–Trinajstić information content (AvgIpc) is 3.06. The van der Waals surface area contributed by atoms with Crippen LogP contribution in [0.3, 0.4) is 0 Å². The van der Waals surface area contributed by atoms with Gasteiger partial charge in [-0.15, -0.1) is 0 Å². The van der Waals surface area contributed by atoms with Crippen molar-refractivity contribution in [2.24, 2.45) is 0 Å². The predicted octanol–water partition coefficient (Wildman–Crippen LogP) is 2.99. The van der Waals surface area contributed by atoms with Gasteiger partial charge in [-0.2, -0.15) is 0 Å². The maximum atomic E-state index is 12.9. The fourth-order valence-electron chi connectivity index (χ4n) is 3.38. The summed E-state index contributed by atoms with van der Waals surface area (Å²) in [6.45, 7) is 4.98. The summed E-state index contributed by atoms with van der Waals surface area (Å²) < 4.78 is 11.2. The highest BCUT2D eigenvalue weighted by atomic mass is 35.5. The number of hydrogen-bond donors (Lipinski definition) is 1. The van der Waals surface area contributed by atoms with Crippen molar-refractivity contribution in [2.75, 3.05) is 37.7 Å². The number of halogens is 1. The Kier molecular flexibility index (Phi) is 5.45. The lowest BCUT2D eigenvalue weighted by molar-refractivity contribution is 0.0954. The highest BCUT2D eigenvalue weighted by Crippen LogP contribution is 2.31. The number of carbonyl (C=O) groups excluding carboxylic acids is 1. The summed E-state index contributed by atoms with van der Waals surface area (Å²) in [7, 11) is 0. The third-order valence-electron chi connectivity index (χ3n) is 4.79. The standard InChI is InChI=1S/C20H21ClN4O3/c1-13-16(19(26)22-7-6-14-2-4-15(21)5-3-14)17-18(23-12-24-20(17)28-13)25-8-10-27-11-9-25/h2-5,12H,6-11H2,1H3,(H,22,26). The molecule has 2 aromatic heterocycles. The Morgan fingerprint density at radius 3 is 2.71 bits per heavy atom. The maximum absolute atomic E-state index is 12.9. The second-order valence-corrected chi connectivity index (χ2v) is 7.08. The van der Waals surface area contributed by atoms with E-state index in [2.05, 4.69) is 20.2 Å². The van der Waals surface area contributed by atoms with E-state index in [1.54, 1.807) is 6.92 Å². The second kappa shape index (κ2) is 8.16. The van der Waals surface area contributed by atoms with Crippen molar-refractivity contribution in [3.63, 3.8) is 0 Å². The molecular formula is C20H21ClN4O3. The fraction of sp³-hybridized carbons (Fsp3) is 0.350. The molecule has 1 amide bonds. The molecular weight excluding hydrogens is 380 g/mol. The molecule has 4 rings (SSSR count). The molecule has 146 valence electrons. The normalized spacial score (nSPS) is 14.4. The number of carbonyl (C=O) groups is 1. The van der Waals surface area contributed by atoms with E-state index in [0.717, 1.165) is 5.56 Å². The van der Waals surface area contributed by atoms with Crippen molar-refractivity contribution in [1.82, 2.24) is 15.3 Å². The molecule has 1 aliphatic rings. The van der Waals surface area contributed by atoms with Crippen molar-refractivity contribution >= 4 is 34.4 Å². The molecule has 0 atom stereocenters. The molecule has 28 heavy (non-hydrogen) atoms. The van der Waals surface area contributed by atoms with Crippen LogP contribution in [0.25, 0.3) is 11.1 Å². The Bertz CT molecular complexity index is 981. The first-order chi connectivity index (χ1) is 13.6. The number of aryl methyl sites for hydroxylation is 1. The van der Waals surface area contributed by atoms with Crippen molar-refractivity contribution in [2.45, 2.75) is 13.3 Å². The van der Waals surface area contributed by atoms with Gasteiger partial charge in [-0.1, -0.05) is 23.7 Å². The highest BCUT2D eigenvalue weighted by molar-refractivity contribution is 6.30. The van der Waals surface area contributed by atoms with Gasteiger partial charge in [-0.3, -0.25) is 4.79 Å². The highest BCUT2D eigenvalue weighted by Gasteiger charge is 2.25. The van der Waals surface area contributed by atoms with E-state index in [-0.39, 0.29) is 5.91 Å². The molecule has 1 aliphatic heterocycles. The smallest absolute Gasteiger partial charge is 0.255 e. The van der Waals surface area contributed by atoms with E-state index in [9.17, 15) is 4.79 Å². The van der Waals surface area contributed by atoms with Gasteiger partial charge >= 0.3 is 0 Å². The number of hydrogen-bond acceptors (Lipinski definition) is 6. The summed E-state index contributed by atoms with van der Waals surface area (Å²) in [4.78, 5) is 23.7. The Hall–Kier alpha value is -2.64. The Labute approximate surface area is 167 Å². The minimum atomic E-state index is -0.186. The number of furan rings is 1. The summed E-state index contributed by atoms with van der Waals surface area (Å²) in [5.74, 6) is 1.07. The lowest BCUT2D eigenvalue weighted by Gasteiger charge is -2.28. The number of rotatable bonds is 5. The molecule has 1 saturated heterocycles. The van der Waals surface area contributed by atoms with Crippen LogP contribution in [0.1, 0.15) is 21.7 Å². The zero-order chi connectivity index (χ0) is 19.5. The second-order valence-electron chi connectivity index (χ2n) is 6.64. The number of benzene rings is 1. The van der Waals surface area contributed by atoms with Gasteiger partial charge in [0, 0.05) is 24.7 Å². The third-order valence-corrected chi connectivity index (χ3v) is 5.05. The minimum Gasteiger partial charge on any atom is -0.442 e. The molecule has 0 spiro atoms. The van der Waals surface area contributed by atoms with Gasteiger partial charge in [0.05, 0.1) is 24.2 Å². The van der Waals surface area contributed by atoms with E-state index in [1.807, 2.05) is 24.3 Å². The summed E-state index contributed by atoms with van der Waals surface area (Å²) in [6.07, 6.45) is 2.18. The van der Waals surface area contributed by atoms with Crippen molar-refractivity contribution in [3.8, 4) is 0 Å². The van der Waals surface area contributed by atoms with Crippen LogP contribution in [0.15, 0.2) is 35.0 Å². The number of fused-ring (bicyclic) bond motifs is 1. The van der Waals surface area contributed by atoms with Gasteiger partial charge in [0.15, 0.2) is 0 Å².